The van der Waals surface area contributed by atoms with Crippen LogP contribution in [0, 0.1) is 0 Å². The first-order valence-corrected chi connectivity index (χ1v) is 7.26. The van der Waals surface area contributed by atoms with Crippen LogP contribution in [0.1, 0.15) is 12.8 Å². The third-order valence-electron chi connectivity index (χ3n) is 2.86. The Balaban J connectivity index is 2.09. The van der Waals surface area contributed by atoms with Crippen molar-refractivity contribution in [3.05, 3.63) is 12.1 Å². The van der Waals surface area contributed by atoms with Gasteiger partial charge in [-0.3, -0.25) is 0 Å². The van der Waals surface area contributed by atoms with E-state index in [0.717, 1.165) is 12.8 Å². The maximum absolute atomic E-state index is 12.2. The van der Waals surface area contributed by atoms with Crippen LogP contribution in [0.3, 0.4) is 0 Å². The van der Waals surface area contributed by atoms with Gasteiger partial charge in [0.25, 0.3) is 0 Å². The molecule has 0 atom stereocenters. The first-order chi connectivity index (χ1) is 8.58. The average molecular weight is 270 g/mol. The Morgan fingerprint density at radius 1 is 1.22 bits per heavy atom. The lowest BCUT2D eigenvalue weighted by Crippen LogP contribution is -2.28. The molecule has 6 nitrogen and oxygen atoms in total. The molecule has 0 saturated heterocycles. The molecule has 3 rings (SSSR count). The molecule has 98 valence electrons. The summed E-state index contributed by atoms with van der Waals surface area (Å²) >= 11 is 0. The number of nitrogen functional groups attached to an aromatic ring is 1. The van der Waals surface area contributed by atoms with E-state index in [1.807, 2.05) is 0 Å². The predicted molar refractivity (Wildman–Crippen MR) is 65.2 cm³/mol. The number of anilines is 1. The van der Waals surface area contributed by atoms with Gasteiger partial charge in [0.15, 0.2) is 16.4 Å². The smallest absolute Gasteiger partial charge is 0.246 e. The zero-order valence-electron chi connectivity index (χ0n) is 9.68. The molecule has 18 heavy (non-hydrogen) atoms. The highest BCUT2D eigenvalue weighted by atomic mass is 32.2. The number of nitrogens with two attached hydrogens (primary N) is 1. The number of fused-ring (bicyclic) bond motifs is 1. The van der Waals surface area contributed by atoms with Gasteiger partial charge in [-0.05, 0) is 25.0 Å². The van der Waals surface area contributed by atoms with Crippen LogP contribution in [-0.2, 0) is 10.0 Å². The summed E-state index contributed by atoms with van der Waals surface area (Å²) in [7, 11) is -3.65. The molecule has 0 radical (unpaired) electrons. The first kappa shape index (κ1) is 11.6. The molecule has 1 aromatic carbocycles. The van der Waals surface area contributed by atoms with Gasteiger partial charge in [-0.15, -0.1) is 0 Å². The highest BCUT2D eigenvalue weighted by molar-refractivity contribution is 7.89. The van der Waals surface area contributed by atoms with Crippen LogP contribution in [-0.4, -0.2) is 27.7 Å². The van der Waals surface area contributed by atoms with Gasteiger partial charge in [0, 0.05) is 6.04 Å². The summed E-state index contributed by atoms with van der Waals surface area (Å²) in [4.78, 5) is -0.00778. The molecule has 0 bridgehead atoms. The summed E-state index contributed by atoms with van der Waals surface area (Å²) in [6, 6.07) is 3.17. The van der Waals surface area contributed by atoms with E-state index in [2.05, 4.69) is 4.72 Å². The van der Waals surface area contributed by atoms with Gasteiger partial charge < -0.3 is 15.2 Å². The van der Waals surface area contributed by atoms with Gasteiger partial charge in [0.05, 0.1) is 5.69 Å². The number of rotatable bonds is 3. The Morgan fingerprint density at radius 3 is 2.67 bits per heavy atom. The highest BCUT2D eigenvalue weighted by Gasteiger charge is 2.33. The minimum absolute atomic E-state index is 0.00778. The van der Waals surface area contributed by atoms with E-state index < -0.39 is 10.0 Å². The van der Waals surface area contributed by atoms with E-state index in [1.54, 1.807) is 6.07 Å². The summed E-state index contributed by atoms with van der Waals surface area (Å²) in [6.07, 6.45) is 1.73. The van der Waals surface area contributed by atoms with Crippen molar-refractivity contribution >= 4 is 15.7 Å². The molecule has 3 N–H and O–H groups in total. The molecule has 1 fully saturated rings. The summed E-state index contributed by atoms with van der Waals surface area (Å²) in [6.45, 7) is 0.731. The van der Waals surface area contributed by atoms with Crippen molar-refractivity contribution in [1.29, 1.82) is 0 Å². The van der Waals surface area contributed by atoms with Crippen LogP contribution in [0.2, 0.25) is 0 Å². The van der Waals surface area contributed by atoms with Crippen LogP contribution >= 0.6 is 0 Å². The summed E-state index contributed by atoms with van der Waals surface area (Å²) in [5, 5.41) is 0. The Bertz CT molecular complexity index is 581. The normalized spacial score (nSPS) is 18.7. The van der Waals surface area contributed by atoms with Crippen molar-refractivity contribution in [1.82, 2.24) is 4.72 Å². The van der Waals surface area contributed by atoms with Gasteiger partial charge in [-0.1, -0.05) is 0 Å². The minimum atomic E-state index is -3.65. The molecule has 0 aromatic heterocycles. The van der Waals surface area contributed by atoms with Crippen molar-refractivity contribution in [2.75, 3.05) is 18.9 Å². The number of benzene rings is 1. The summed E-state index contributed by atoms with van der Waals surface area (Å²) < 4.78 is 37.9. The molecule has 7 heteroatoms. The standard InChI is InChI=1S/C11H14N2O4S/c12-8-3-4-9-10(17-6-5-16-9)11(8)18(14,15)13-7-1-2-7/h3-4,7,13H,1-2,5-6,12H2. The van der Waals surface area contributed by atoms with Crippen molar-refractivity contribution in [3.63, 3.8) is 0 Å². The molecule has 1 heterocycles. The summed E-state index contributed by atoms with van der Waals surface area (Å²) in [5.74, 6) is 0.640. The molecular formula is C11H14N2O4S. The van der Waals surface area contributed by atoms with Crippen molar-refractivity contribution in [2.45, 2.75) is 23.8 Å². The zero-order chi connectivity index (χ0) is 12.8. The molecular weight excluding hydrogens is 256 g/mol. The van der Waals surface area contributed by atoms with E-state index in [9.17, 15) is 8.42 Å². The van der Waals surface area contributed by atoms with Gasteiger partial charge >= 0.3 is 0 Å². The Labute approximate surface area is 105 Å². The molecule has 2 aliphatic rings. The van der Waals surface area contributed by atoms with Gasteiger partial charge in [0.1, 0.15) is 13.2 Å². The van der Waals surface area contributed by atoms with E-state index >= 15 is 0 Å². The third-order valence-corrected chi connectivity index (χ3v) is 4.46. The second-order valence-corrected chi connectivity index (χ2v) is 6.05. The minimum Gasteiger partial charge on any atom is -0.486 e. The molecule has 0 amide bonds. The fourth-order valence-electron chi connectivity index (χ4n) is 1.86. The number of hydrogen-bond acceptors (Lipinski definition) is 5. The van der Waals surface area contributed by atoms with Crippen LogP contribution in [0.25, 0.3) is 0 Å². The SMILES string of the molecule is Nc1ccc2c(c1S(=O)(=O)NC1CC1)OCCO2. The Kier molecular flexibility index (Phi) is 2.60. The average Bonchev–Trinajstić information content (AvgIpc) is 3.11. The molecule has 1 aliphatic heterocycles. The molecule has 0 spiro atoms. The molecule has 0 unspecified atom stereocenters. The summed E-state index contributed by atoms with van der Waals surface area (Å²) in [5.41, 5.74) is 5.95. The van der Waals surface area contributed by atoms with Crippen LogP contribution in [0.15, 0.2) is 17.0 Å². The molecule has 1 saturated carbocycles. The Morgan fingerprint density at radius 2 is 1.94 bits per heavy atom. The Hall–Kier alpha value is -1.47. The largest absolute Gasteiger partial charge is 0.486 e. The van der Waals surface area contributed by atoms with E-state index in [1.165, 1.54) is 6.07 Å². The maximum Gasteiger partial charge on any atom is 0.246 e. The topological polar surface area (TPSA) is 90.7 Å². The highest BCUT2D eigenvalue weighted by Crippen LogP contribution is 2.40. The fourth-order valence-corrected chi connectivity index (χ4v) is 3.44. The fraction of sp³-hybridized carbons (Fsp3) is 0.455. The maximum atomic E-state index is 12.2. The van der Waals surface area contributed by atoms with Crippen LogP contribution in [0.5, 0.6) is 11.5 Å². The predicted octanol–water partition coefficient (Wildman–Crippen LogP) is 0.481. The molecule has 1 aromatic rings. The van der Waals surface area contributed by atoms with Crippen molar-refractivity contribution in [2.24, 2.45) is 0 Å². The second-order valence-electron chi connectivity index (χ2n) is 4.40. The number of hydrogen-bond donors (Lipinski definition) is 2. The molecule has 1 aliphatic carbocycles. The lowest BCUT2D eigenvalue weighted by molar-refractivity contribution is 0.167. The van der Waals surface area contributed by atoms with Gasteiger partial charge in [-0.25, -0.2) is 13.1 Å². The van der Waals surface area contributed by atoms with Gasteiger partial charge in [0.2, 0.25) is 10.0 Å². The number of nitrogens with one attached hydrogen (secondary N) is 1. The van der Waals surface area contributed by atoms with Crippen molar-refractivity contribution < 1.29 is 17.9 Å². The second kappa shape index (κ2) is 4.03. The number of sulfonamides is 1. The quantitative estimate of drug-likeness (QED) is 0.780. The number of ether oxygens (including phenoxy) is 2. The van der Waals surface area contributed by atoms with E-state index in [-0.39, 0.29) is 22.4 Å². The van der Waals surface area contributed by atoms with Gasteiger partial charge in [-0.2, -0.15) is 0 Å². The van der Waals surface area contributed by atoms with Crippen LogP contribution < -0.4 is 19.9 Å². The van der Waals surface area contributed by atoms with Crippen LogP contribution in [0.4, 0.5) is 5.69 Å². The third kappa shape index (κ3) is 1.99. The van der Waals surface area contributed by atoms with E-state index in [4.69, 9.17) is 15.2 Å². The monoisotopic (exact) mass is 270 g/mol. The van der Waals surface area contributed by atoms with Crippen molar-refractivity contribution in [3.8, 4) is 11.5 Å². The zero-order valence-corrected chi connectivity index (χ0v) is 10.5. The van der Waals surface area contributed by atoms with E-state index in [0.29, 0.717) is 19.0 Å². The first-order valence-electron chi connectivity index (χ1n) is 5.78. The lowest BCUT2D eigenvalue weighted by Gasteiger charge is -2.22. The lowest BCUT2D eigenvalue weighted by atomic mass is 10.2.